The summed E-state index contributed by atoms with van der Waals surface area (Å²) in [5.41, 5.74) is -1.49. The first-order valence-electron chi connectivity index (χ1n) is 8.53. The zero-order chi connectivity index (χ0) is 22.8. The fourth-order valence-electron chi connectivity index (χ4n) is 2.61. The van der Waals surface area contributed by atoms with Crippen LogP contribution in [0.4, 0.5) is 24.5 Å². The number of amides is 1. The Morgan fingerprint density at radius 3 is 2.19 bits per heavy atom. The van der Waals surface area contributed by atoms with Crippen molar-refractivity contribution in [1.82, 2.24) is 0 Å². The van der Waals surface area contributed by atoms with Crippen LogP contribution in [0.2, 0.25) is 10.0 Å². The van der Waals surface area contributed by atoms with E-state index < -0.39 is 38.3 Å². The minimum absolute atomic E-state index is 0.172. The van der Waals surface area contributed by atoms with E-state index in [1.54, 1.807) is 0 Å². The smallest absolute Gasteiger partial charge is 0.321 e. The SMILES string of the molecule is O=C(Nc1ccccc1C(F)(F)F)c1ccc(Cl)c(S(=O)(=O)Nc2ccc(Cl)cc2)c1. The van der Waals surface area contributed by atoms with Crippen LogP contribution in [0.3, 0.4) is 0 Å². The van der Waals surface area contributed by atoms with Crippen LogP contribution in [0.1, 0.15) is 15.9 Å². The summed E-state index contributed by atoms with van der Waals surface area (Å²) in [5, 5.41) is 2.38. The molecule has 162 valence electrons. The van der Waals surface area contributed by atoms with Gasteiger partial charge in [-0.15, -0.1) is 0 Å². The highest BCUT2D eigenvalue weighted by atomic mass is 35.5. The summed E-state index contributed by atoms with van der Waals surface area (Å²) in [6.45, 7) is 0. The van der Waals surface area contributed by atoms with Crippen LogP contribution >= 0.6 is 23.2 Å². The molecule has 0 aliphatic carbocycles. The van der Waals surface area contributed by atoms with Crippen molar-refractivity contribution in [2.24, 2.45) is 0 Å². The van der Waals surface area contributed by atoms with E-state index in [1.807, 2.05) is 0 Å². The molecule has 0 heterocycles. The maximum atomic E-state index is 13.1. The van der Waals surface area contributed by atoms with Gasteiger partial charge in [-0.05, 0) is 54.6 Å². The Kier molecular flexibility index (Phi) is 6.49. The van der Waals surface area contributed by atoms with Gasteiger partial charge in [0, 0.05) is 16.3 Å². The summed E-state index contributed by atoms with van der Waals surface area (Å²) in [4.78, 5) is 12.1. The van der Waals surface area contributed by atoms with Gasteiger partial charge in [0.05, 0.1) is 16.3 Å². The summed E-state index contributed by atoms with van der Waals surface area (Å²) in [6.07, 6.45) is -4.68. The Balaban J connectivity index is 1.90. The van der Waals surface area contributed by atoms with Gasteiger partial charge in [0.2, 0.25) is 0 Å². The molecule has 3 rings (SSSR count). The summed E-state index contributed by atoms with van der Waals surface area (Å²) in [6, 6.07) is 13.6. The molecular formula is C20H13Cl2F3N2O3S. The Morgan fingerprint density at radius 1 is 0.903 bits per heavy atom. The van der Waals surface area contributed by atoms with Crippen molar-refractivity contribution in [2.75, 3.05) is 10.0 Å². The first-order valence-corrected chi connectivity index (χ1v) is 10.8. The molecule has 0 aromatic heterocycles. The zero-order valence-electron chi connectivity index (χ0n) is 15.4. The van der Waals surface area contributed by atoms with E-state index in [2.05, 4.69) is 10.0 Å². The Bertz CT molecular complexity index is 1230. The third kappa shape index (κ3) is 5.49. The lowest BCUT2D eigenvalue weighted by molar-refractivity contribution is -0.136. The van der Waals surface area contributed by atoms with Gasteiger partial charge in [0.1, 0.15) is 4.90 Å². The maximum Gasteiger partial charge on any atom is 0.418 e. The molecule has 0 saturated carbocycles. The number of halogens is 5. The van der Waals surface area contributed by atoms with Crippen molar-refractivity contribution in [2.45, 2.75) is 11.1 Å². The molecule has 0 atom stereocenters. The lowest BCUT2D eigenvalue weighted by atomic mass is 10.1. The highest BCUT2D eigenvalue weighted by Gasteiger charge is 2.33. The second kappa shape index (κ2) is 8.78. The van der Waals surface area contributed by atoms with Crippen LogP contribution < -0.4 is 10.0 Å². The number of carbonyl (C=O) groups is 1. The molecular weight excluding hydrogens is 476 g/mol. The van der Waals surface area contributed by atoms with Crippen molar-refractivity contribution in [3.05, 3.63) is 87.9 Å². The molecule has 11 heteroatoms. The molecule has 0 fully saturated rings. The monoisotopic (exact) mass is 488 g/mol. The number of rotatable bonds is 5. The molecule has 0 spiro atoms. The average Bonchev–Trinajstić information content (AvgIpc) is 2.69. The van der Waals surface area contributed by atoms with Crippen molar-refractivity contribution >= 4 is 50.5 Å². The molecule has 0 bridgehead atoms. The molecule has 1 amide bonds. The number of hydrogen-bond donors (Lipinski definition) is 2. The maximum absolute atomic E-state index is 13.1. The minimum Gasteiger partial charge on any atom is -0.321 e. The number of sulfonamides is 1. The molecule has 31 heavy (non-hydrogen) atoms. The van der Waals surface area contributed by atoms with Crippen LogP contribution in [-0.2, 0) is 16.2 Å². The molecule has 3 aromatic rings. The number of carbonyl (C=O) groups excluding carboxylic acids is 1. The second-order valence-electron chi connectivity index (χ2n) is 6.26. The van der Waals surface area contributed by atoms with E-state index in [9.17, 15) is 26.4 Å². The van der Waals surface area contributed by atoms with Gasteiger partial charge in [0.25, 0.3) is 15.9 Å². The lowest BCUT2D eigenvalue weighted by Crippen LogP contribution is -2.18. The summed E-state index contributed by atoms with van der Waals surface area (Å²) in [5.74, 6) is -0.934. The van der Waals surface area contributed by atoms with Gasteiger partial charge in [0.15, 0.2) is 0 Å². The van der Waals surface area contributed by atoms with Crippen molar-refractivity contribution in [3.8, 4) is 0 Å². The van der Waals surface area contributed by atoms with E-state index in [1.165, 1.54) is 48.5 Å². The van der Waals surface area contributed by atoms with Gasteiger partial charge in [-0.3, -0.25) is 9.52 Å². The fourth-order valence-corrected chi connectivity index (χ4v) is 4.32. The van der Waals surface area contributed by atoms with Crippen molar-refractivity contribution in [1.29, 1.82) is 0 Å². The van der Waals surface area contributed by atoms with Crippen LogP contribution in [0, 0.1) is 0 Å². The first kappa shape index (κ1) is 22.9. The molecule has 0 radical (unpaired) electrons. The van der Waals surface area contributed by atoms with E-state index in [-0.39, 0.29) is 16.3 Å². The average molecular weight is 489 g/mol. The Labute approximate surface area is 185 Å². The fraction of sp³-hybridized carbons (Fsp3) is 0.0500. The third-order valence-electron chi connectivity index (χ3n) is 4.06. The van der Waals surface area contributed by atoms with Gasteiger partial charge in [-0.2, -0.15) is 13.2 Å². The second-order valence-corrected chi connectivity index (χ2v) is 8.75. The molecule has 5 nitrogen and oxygen atoms in total. The van der Waals surface area contributed by atoms with Crippen molar-refractivity contribution in [3.63, 3.8) is 0 Å². The third-order valence-corrected chi connectivity index (χ3v) is 6.17. The van der Waals surface area contributed by atoms with Gasteiger partial charge in [-0.1, -0.05) is 35.3 Å². The van der Waals surface area contributed by atoms with E-state index in [4.69, 9.17) is 23.2 Å². The predicted molar refractivity (Wildman–Crippen MR) is 113 cm³/mol. The number of hydrogen-bond acceptors (Lipinski definition) is 3. The summed E-state index contributed by atoms with van der Waals surface area (Å²) >= 11 is 11.8. The number of nitrogens with one attached hydrogen (secondary N) is 2. The standard InChI is InChI=1S/C20H13Cl2F3N2O3S/c21-13-6-8-14(9-7-13)27-31(29,30)18-11-12(5-10-16(18)22)19(28)26-17-4-2-1-3-15(17)20(23,24)25/h1-11,27H,(H,26,28). The number of alkyl halides is 3. The molecule has 3 aromatic carbocycles. The highest BCUT2D eigenvalue weighted by Crippen LogP contribution is 2.35. The van der Waals surface area contributed by atoms with Crippen LogP contribution in [0.15, 0.2) is 71.6 Å². The van der Waals surface area contributed by atoms with E-state index >= 15 is 0 Å². The van der Waals surface area contributed by atoms with Gasteiger partial charge >= 0.3 is 6.18 Å². The number of benzene rings is 3. The Hall–Kier alpha value is -2.75. The Morgan fingerprint density at radius 2 is 1.55 bits per heavy atom. The van der Waals surface area contributed by atoms with Gasteiger partial charge in [-0.25, -0.2) is 8.42 Å². The molecule has 2 N–H and O–H groups in total. The quantitative estimate of drug-likeness (QED) is 0.457. The van der Waals surface area contributed by atoms with E-state index in [0.717, 1.165) is 18.2 Å². The minimum atomic E-state index is -4.68. The topological polar surface area (TPSA) is 75.3 Å². The van der Waals surface area contributed by atoms with Crippen LogP contribution in [0.25, 0.3) is 0 Å². The van der Waals surface area contributed by atoms with Gasteiger partial charge < -0.3 is 5.32 Å². The van der Waals surface area contributed by atoms with Crippen LogP contribution in [-0.4, -0.2) is 14.3 Å². The zero-order valence-corrected chi connectivity index (χ0v) is 17.7. The molecule has 0 aliphatic heterocycles. The van der Waals surface area contributed by atoms with E-state index in [0.29, 0.717) is 5.02 Å². The number of para-hydroxylation sites is 1. The number of anilines is 2. The highest BCUT2D eigenvalue weighted by molar-refractivity contribution is 7.92. The van der Waals surface area contributed by atoms with Crippen LogP contribution in [0.5, 0.6) is 0 Å². The summed E-state index contributed by atoms with van der Waals surface area (Å²) < 4.78 is 67.2. The lowest BCUT2D eigenvalue weighted by Gasteiger charge is -2.14. The molecule has 0 aliphatic rings. The predicted octanol–water partition coefficient (Wildman–Crippen LogP) is 6.07. The normalized spacial score (nSPS) is 11.8. The first-order chi connectivity index (χ1) is 14.5. The van der Waals surface area contributed by atoms with Crippen molar-refractivity contribution < 1.29 is 26.4 Å². The molecule has 0 unspecified atom stereocenters. The molecule has 0 saturated heterocycles. The summed E-state index contributed by atoms with van der Waals surface area (Å²) in [7, 11) is -4.20. The largest absolute Gasteiger partial charge is 0.418 e.